The highest BCUT2D eigenvalue weighted by molar-refractivity contribution is 5.60. The largest absolute Gasteiger partial charge is 0.493 e. The van der Waals surface area contributed by atoms with Gasteiger partial charge in [0.25, 0.3) is 0 Å². The van der Waals surface area contributed by atoms with Crippen LogP contribution in [0.15, 0.2) is 22.6 Å². The number of oxazole rings is 1. The summed E-state index contributed by atoms with van der Waals surface area (Å²) in [6, 6.07) is 6.27. The topological polar surface area (TPSA) is 59.8 Å². The Balaban J connectivity index is 1.78. The van der Waals surface area contributed by atoms with Crippen LogP contribution in [0.4, 0.5) is 0 Å². The summed E-state index contributed by atoms with van der Waals surface area (Å²) in [5.74, 6) is 2.86. The molecule has 25 heavy (non-hydrogen) atoms. The third-order valence-corrected chi connectivity index (χ3v) is 4.73. The van der Waals surface area contributed by atoms with Crippen molar-refractivity contribution in [2.45, 2.75) is 32.9 Å². The fraction of sp³-hybridized carbons (Fsp3) is 0.526. The molecule has 1 aliphatic heterocycles. The number of ether oxygens (including phenoxy) is 2. The van der Waals surface area contributed by atoms with Crippen molar-refractivity contribution in [3.63, 3.8) is 0 Å². The molecule has 0 bridgehead atoms. The molecule has 0 amide bonds. The Morgan fingerprint density at radius 1 is 1.28 bits per heavy atom. The van der Waals surface area contributed by atoms with Crippen molar-refractivity contribution >= 4 is 0 Å². The molecule has 0 unspecified atom stereocenters. The molecule has 0 saturated carbocycles. The SMILES string of the molecule is CC[C@@H]1CN(Cc2nc(-c3ccc(OC)c(OC)c3)oc2C)CCN1. The Morgan fingerprint density at radius 3 is 2.80 bits per heavy atom. The van der Waals surface area contributed by atoms with E-state index in [0.29, 0.717) is 23.4 Å². The van der Waals surface area contributed by atoms with E-state index in [9.17, 15) is 0 Å². The number of methoxy groups -OCH3 is 2. The molecule has 3 rings (SSSR count). The van der Waals surface area contributed by atoms with Crippen LogP contribution in [0, 0.1) is 6.92 Å². The molecule has 0 aliphatic carbocycles. The predicted octanol–water partition coefficient (Wildman–Crippen LogP) is 2.85. The zero-order valence-corrected chi connectivity index (χ0v) is 15.5. The molecule has 136 valence electrons. The minimum absolute atomic E-state index is 0.561. The summed E-state index contributed by atoms with van der Waals surface area (Å²) in [6.45, 7) is 8.13. The summed E-state index contributed by atoms with van der Waals surface area (Å²) < 4.78 is 16.6. The minimum Gasteiger partial charge on any atom is -0.493 e. The maximum absolute atomic E-state index is 5.92. The van der Waals surface area contributed by atoms with E-state index >= 15 is 0 Å². The molecule has 2 aromatic rings. The van der Waals surface area contributed by atoms with Crippen molar-refractivity contribution in [2.75, 3.05) is 33.9 Å². The van der Waals surface area contributed by atoms with Crippen LogP contribution in [0.25, 0.3) is 11.5 Å². The summed E-state index contributed by atoms with van der Waals surface area (Å²) in [5.41, 5.74) is 1.89. The van der Waals surface area contributed by atoms with Crippen molar-refractivity contribution < 1.29 is 13.9 Å². The maximum Gasteiger partial charge on any atom is 0.226 e. The van der Waals surface area contributed by atoms with Crippen molar-refractivity contribution in [3.05, 3.63) is 29.7 Å². The minimum atomic E-state index is 0.561. The van der Waals surface area contributed by atoms with E-state index in [4.69, 9.17) is 18.9 Å². The average Bonchev–Trinajstić information content (AvgIpc) is 3.01. The van der Waals surface area contributed by atoms with E-state index in [2.05, 4.69) is 17.1 Å². The van der Waals surface area contributed by atoms with Gasteiger partial charge in [-0.2, -0.15) is 0 Å². The number of nitrogens with one attached hydrogen (secondary N) is 1. The number of aryl methyl sites for hydroxylation is 1. The molecule has 1 N–H and O–H groups in total. The standard InChI is InChI=1S/C19H27N3O3/c1-5-15-11-22(9-8-20-15)12-16-13(2)25-19(21-16)14-6-7-17(23-3)18(10-14)24-4/h6-7,10,15,20H,5,8-9,11-12H2,1-4H3/t15-/m1/s1. The first-order valence-electron chi connectivity index (χ1n) is 8.79. The molecular weight excluding hydrogens is 318 g/mol. The van der Waals surface area contributed by atoms with E-state index in [1.807, 2.05) is 25.1 Å². The monoisotopic (exact) mass is 345 g/mol. The summed E-state index contributed by atoms with van der Waals surface area (Å²) in [5, 5.41) is 3.54. The van der Waals surface area contributed by atoms with E-state index in [1.165, 1.54) is 0 Å². The van der Waals surface area contributed by atoms with Gasteiger partial charge in [0, 0.05) is 37.8 Å². The molecule has 1 aliphatic rings. The second-order valence-corrected chi connectivity index (χ2v) is 6.39. The van der Waals surface area contributed by atoms with Crippen molar-refractivity contribution in [3.8, 4) is 23.0 Å². The lowest BCUT2D eigenvalue weighted by molar-refractivity contribution is 0.187. The predicted molar refractivity (Wildman–Crippen MR) is 97.1 cm³/mol. The Labute approximate surface area is 149 Å². The fourth-order valence-electron chi connectivity index (χ4n) is 3.19. The van der Waals surface area contributed by atoms with Gasteiger partial charge in [-0.05, 0) is 31.5 Å². The molecule has 1 saturated heterocycles. The van der Waals surface area contributed by atoms with Crippen molar-refractivity contribution in [2.24, 2.45) is 0 Å². The van der Waals surface area contributed by atoms with E-state index in [1.54, 1.807) is 14.2 Å². The molecule has 6 nitrogen and oxygen atoms in total. The van der Waals surface area contributed by atoms with E-state index < -0.39 is 0 Å². The molecule has 1 fully saturated rings. The first-order valence-corrected chi connectivity index (χ1v) is 8.79. The molecule has 0 radical (unpaired) electrons. The third-order valence-electron chi connectivity index (χ3n) is 4.73. The van der Waals surface area contributed by atoms with Crippen LogP contribution in [0.3, 0.4) is 0 Å². The van der Waals surface area contributed by atoms with Gasteiger partial charge in [-0.1, -0.05) is 6.92 Å². The zero-order chi connectivity index (χ0) is 17.8. The van der Waals surface area contributed by atoms with Gasteiger partial charge < -0.3 is 19.2 Å². The van der Waals surface area contributed by atoms with Crippen LogP contribution < -0.4 is 14.8 Å². The molecule has 1 atom stereocenters. The smallest absolute Gasteiger partial charge is 0.226 e. The number of rotatable bonds is 6. The van der Waals surface area contributed by atoms with Crippen LogP contribution in [0.1, 0.15) is 24.8 Å². The molecule has 0 spiro atoms. The van der Waals surface area contributed by atoms with Gasteiger partial charge in [0.05, 0.1) is 19.9 Å². The molecule has 1 aromatic heterocycles. The number of hydrogen-bond donors (Lipinski definition) is 1. The first kappa shape index (κ1) is 17.8. The molecule has 1 aromatic carbocycles. The Hall–Kier alpha value is -2.05. The highest BCUT2D eigenvalue weighted by Gasteiger charge is 2.21. The summed E-state index contributed by atoms with van der Waals surface area (Å²) in [4.78, 5) is 7.17. The van der Waals surface area contributed by atoms with Crippen LogP contribution in [-0.4, -0.2) is 49.8 Å². The molecular formula is C19H27N3O3. The lowest BCUT2D eigenvalue weighted by Gasteiger charge is -2.32. The van der Waals surface area contributed by atoms with Gasteiger partial charge in [0.1, 0.15) is 5.76 Å². The van der Waals surface area contributed by atoms with Gasteiger partial charge in [-0.25, -0.2) is 4.98 Å². The van der Waals surface area contributed by atoms with Gasteiger partial charge >= 0.3 is 0 Å². The Bertz CT molecular complexity index is 714. The average molecular weight is 345 g/mol. The number of aromatic nitrogens is 1. The second-order valence-electron chi connectivity index (χ2n) is 6.39. The van der Waals surface area contributed by atoms with Crippen LogP contribution in [-0.2, 0) is 6.54 Å². The molecule has 2 heterocycles. The summed E-state index contributed by atoms with van der Waals surface area (Å²) >= 11 is 0. The lowest BCUT2D eigenvalue weighted by atomic mass is 10.1. The first-order chi connectivity index (χ1) is 12.1. The van der Waals surface area contributed by atoms with Crippen molar-refractivity contribution in [1.29, 1.82) is 0 Å². The quantitative estimate of drug-likeness (QED) is 0.869. The van der Waals surface area contributed by atoms with Crippen LogP contribution >= 0.6 is 0 Å². The van der Waals surface area contributed by atoms with Crippen LogP contribution in [0.2, 0.25) is 0 Å². The molecule has 6 heteroatoms. The highest BCUT2D eigenvalue weighted by Crippen LogP contribution is 2.32. The Morgan fingerprint density at radius 2 is 2.08 bits per heavy atom. The van der Waals surface area contributed by atoms with Crippen molar-refractivity contribution in [1.82, 2.24) is 15.2 Å². The number of benzene rings is 1. The van der Waals surface area contributed by atoms with Gasteiger partial charge in [0.2, 0.25) is 5.89 Å². The zero-order valence-electron chi connectivity index (χ0n) is 15.5. The summed E-state index contributed by atoms with van der Waals surface area (Å²) in [7, 11) is 3.25. The number of piperazine rings is 1. The normalized spacial score (nSPS) is 18.3. The fourth-order valence-corrected chi connectivity index (χ4v) is 3.19. The van der Waals surface area contributed by atoms with Gasteiger partial charge in [-0.15, -0.1) is 0 Å². The second kappa shape index (κ2) is 7.89. The number of hydrogen-bond acceptors (Lipinski definition) is 6. The maximum atomic E-state index is 5.92. The highest BCUT2D eigenvalue weighted by atomic mass is 16.5. The summed E-state index contributed by atoms with van der Waals surface area (Å²) in [6.07, 6.45) is 1.14. The lowest BCUT2D eigenvalue weighted by Crippen LogP contribution is -2.49. The van der Waals surface area contributed by atoms with Crippen LogP contribution in [0.5, 0.6) is 11.5 Å². The van der Waals surface area contributed by atoms with E-state index in [-0.39, 0.29) is 0 Å². The third kappa shape index (κ3) is 3.96. The van der Waals surface area contributed by atoms with Gasteiger partial charge in [-0.3, -0.25) is 4.90 Å². The van der Waals surface area contributed by atoms with E-state index in [0.717, 1.165) is 49.6 Å². The Kier molecular flexibility index (Phi) is 5.60. The number of nitrogens with zero attached hydrogens (tertiary/aromatic N) is 2. The van der Waals surface area contributed by atoms with Gasteiger partial charge in [0.15, 0.2) is 11.5 Å².